The fraction of sp³-hybridized carbons (Fsp3) is 0.556. The van der Waals surface area contributed by atoms with Gasteiger partial charge in [0.15, 0.2) is 0 Å². The molecule has 2 rings (SSSR count). The molecule has 1 aliphatic rings. The van der Waals surface area contributed by atoms with E-state index in [9.17, 15) is 9.59 Å². The molecule has 0 saturated carbocycles. The van der Waals surface area contributed by atoms with Crippen molar-refractivity contribution in [3.05, 3.63) is 30.3 Å². The summed E-state index contributed by atoms with van der Waals surface area (Å²) in [5, 5.41) is 0. The smallest absolute Gasteiger partial charge is 0.326 e. The average molecular weight is 334 g/mol. The van der Waals surface area contributed by atoms with Gasteiger partial charge in [-0.3, -0.25) is 14.5 Å². The molecule has 1 fully saturated rings. The number of hydrogen-bond acceptors (Lipinski definition) is 5. The average Bonchev–Trinajstić information content (AvgIpc) is 2.52. The summed E-state index contributed by atoms with van der Waals surface area (Å²) in [5.41, 5.74) is 0.699. The summed E-state index contributed by atoms with van der Waals surface area (Å²) in [6.45, 7) is 7.65. The Morgan fingerprint density at radius 2 is 1.83 bits per heavy atom. The minimum absolute atomic E-state index is 0.0772. The van der Waals surface area contributed by atoms with Crippen molar-refractivity contribution in [3.8, 4) is 0 Å². The maximum Gasteiger partial charge on any atom is 0.326 e. The van der Waals surface area contributed by atoms with E-state index in [1.165, 1.54) is 4.90 Å². The second-order valence-corrected chi connectivity index (χ2v) is 6.07. The molecule has 6 heteroatoms. The van der Waals surface area contributed by atoms with Crippen molar-refractivity contribution in [2.24, 2.45) is 0 Å². The van der Waals surface area contributed by atoms with Crippen LogP contribution in [-0.4, -0.2) is 61.8 Å². The first-order valence-corrected chi connectivity index (χ1v) is 8.38. The topological polar surface area (TPSA) is 59.1 Å². The van der Waals surface area contributed by atoms with Crippen molar-refractivity contribution >= 4 is 17.6 Å². The van der Waals surface area contributed by atoms with Crippen molar-refractivity contribution in [1.29, 1.82) is 0 Å². The quantitative estimate of drug-likeness (QED) is 0.741. The molecule has 0 spiro atoms. The van der Waals surface area contributed by atoms with E-state index in [-0.39, 0.29) is 31.2 Å². The summed E-state index contributed by atoms with van der Waals surface area (Å²) >= 11 is 0. The molecule has 6 nitrogen and oxygen atoms in total. The molecule has 1 saturated heterocycles. The summed E-state index contributed by atoms with van der Waals surface area (Å²) in [7, 11) is 0. The molecule has 0 bridgehead atoms. The van der Waals surface area contributed by atoms with Crippen molar-refractivity contribution in [1.82, 2.24) is 4.90 Å². The summed E-state index contributed by atoms with van der Waals surface area (Å²) in [4.78, 5) is 28.2. The fourth-order valence-electron chi connectivity index (χ4n) is 2.96. The summed E-state index contributed by atoms with van der Waals surface area (Å²) in [5.74, 6) is -0.519. The lowest BCUT2D eigenvalue weighted by Gasteiger charge is -2.35. The number of benzene rings is 1. The highest BCUT2D eigenvalue weighted by Gasteiger charge is 2.27. The zero-order chi connectivity index (χ0) is 17.5. The van der Waals surface area contributed by atoms with Crippen LogP contribution in [0.4, 0.5) is 5.69 Å². The van der Waals surface area contributed by atoms with Crippen LogP contribution in [0, 0.1) is 0 Å². The van der Waals surface area contributed by atoms with Crippen LogP contribution in [0.3, 0.4) is 0 Å². The molecule has 1 amide bonds. The van der Waals surface area contributed by atoms with Crippen LogP contribution in [0.5, 0.6) is 0 Å². The largest absolute Gasteiger partial charge is 0.465 e. The van der Waals surface area contributed by atoms with Gasteiger partial charge in [-0.2, -0.15) is 0 Å². The molecule has 0 aromatic heterocycles. The highest BCUT2D eigenvalue weighted by atomic mass is 16.5. The molecule has 0 unspecified atom stereocenters. The number of carbonyl (C=O) groups excluding carboxylic acids is 2. The van der Waals surface area contributed by atoms with Gasteiger partial charge in [0.2, 0.25) is 5.91 Å². The van der Waals surface area contributed by atoms with E-state index < -0.39 is 5.97 Å². The predicted molar refractivity (Wildman–Crippen MR) is 91.9 cm³/mol. The van der Waals surface area contributed by atoms with E-state index in [4.69, 9.17) is 9.47 Å². The molecule has 0 aliphatic carbocycles. The third kappa shape index (κ3) is 5.32. The number of rotatable bonds is 6. The van der Waals surface area contributed by atoms with Gasteiger partial charge in [-0.05, 0) is 32.9 Å². The number of nitrogens with zero attached hydrogens (tertiary/aromatic N) is 2. The van der Waals surface area contributed by atoms with Crippen LogP contribution >= 0.6 is 0 Å². The van der Waals surface area contributed by atoms with Crippen molar-refractivity contribution < 1.29 is 19.1 Å². The van der Waals surface area contributed by atoms with Gasteiger partial charge in [0.05, 0.1) is 25.4 Å². The second kappa shape index (κ2) is 8.80. The molecule has 132 valence electrons. The Hall–Kier alpha value is -1.92. The summed E-state index contributed by atoms with van der Waals surface area (Å²) < 4.78 is 10.7. The highest BCUT2D eigenvalue weighted by Crippen LogP contribution is 2.16. The maximum atomic E-state index is 12.8. The Morgan fingerprint density at radius 3 is 2.42 bits per heavy atom. The SMILES string of the molecule is CCOC(=O)CN(C(=O)CN1C[C@H](C)O[C@@H](C)C1)c1ccccc1. The normalized spacial score (nSPS) is 21.3. The van der Waals surface area contributed by atoms with Gasteiger partial charge < -0.3 is 14.4 Å². The molecular weight excluding hydrogens is 308 g/mol. The number of para-hydroxylation sites is 1. The van der Waals surface area contributed by atoms with Gasteiger partial charge in [0.25, 0.3) is 0 Å². The maximum absolute atomic E-state index is 12.8. The van der Waals surface area contributed by atoms with Crippen LogP contribution in [0.2, 0.25) is 0 Å². The molecule has 1 aromatic rings. The van der Waals surface area contributed by atoms with E-state index in [0.29, 0.717) is 25.4 Å². The van der Waals surface area contributed by atoms with Crippen molar-refractivity contribution in [3.63, 3.8) is 0 Å². The Balaban J connectivity index is 2.08. The van der Waals surface area contributed by atoms with Gasteiger partial charge >= 0.3 is 5.97 Å². The van der Waals surface area contributed by atoms with Gasteiger partial charge in [0.1, 0.15) is 6.54 Å². The minimum atomic E-state index is -0.404. The van der Waals surface area contributed by atoms with Crippen LogP contribution in [0.15, 0.2) is 30.3 Å². The monoisotopic (exact) mass is 334 g/mol. The molecule has 24 heavy (non-hydrogen) atoms. The van der Waals surface area contributed by atoms with Gasteiger partial charge in [-0.25, -0.2) is 0 Å². The first-order valence-electron chi connectivity index (χ1n) is 8.38. The van der Waals surface area contributed by atoms with Crippen LogP contribution in [-0.2, 0) is 19.1 Å². The third-order valence-electron chi connectivity index (χ3n) is 3.82. The molecule has 1 aromatic carbocycles. The van der Waals surface area contributed by atoms with Crippen molar-refractivity contribution in [2.45, 2.75) is 33.0 Å². The van der Waals surface area contributed by atoms with Gasteiger partial charge in [-0.1, -0.05) is 18.2 Å². The van der Waals surface area contributed by atoms with Crippen LogP contribution in [0.1, 0.15) is 20.8 Å². The van der Waals surface area contributed by atoms with Crippen LogP contribution < -0.4 is 4.90 Å². The molecule has 0 N–H and O–H groups in total. The Morgan fingerprint density at radius 1 is 1.21 bits per heavy atom. The van der Waals surface area contributed by atoms with Gasteiger partial charge in [0, 0.05) is 18.8 Å². The lowest BCUT2D eigenvalue weighted by molar-refractivity contribution is -0.142. The zero-order valence-electron chi connectivity index (χ0n) is 14.6. The van der Waals surface area contributed by atoms with Gasteiger partial charge in [-0.15, -0.1) is 0 Å². The number of amides is 1. The van der Waals surface area contributed by atoms with E-state index in [1.807, 2.05) is 44.2 Å². The predicted octanol–water partition coefficient (Wildman–Crippen LogP) is 1.69. The first kappa shape index (κ1) is 18.4. The summed E-state index contributed by atoms with van der Waals surface area (Å²) in [6.07, 6.45) is 0.188. The number of ether oxygens (including phenoxy) is 2. The fourth-order valence-corrected chi connectivity index (χ4v) is 2.96. The van der Waals surface area contributed by atoms with Crippen LogP contribution in [0.25, 0.3) is 0 Å². The molecule has 1 aliphatic heterocycles. The molecule has 2 atom stereocenters. The third-order valence-corrected chi connectivity index (χ3v) is 3.82. The standard InChI is InChI=1S/C18H26N2O4/c1-4-23-18(22)13-20(16-8-6-5-7-9-16)17(21)12-19-10-14(2)24-15(3)11-19/h5-9,14-15H,4,10-13H2,1-3H3/t14-,15-/m0/s1. The molecule has 1 heterocycles. The number of morpholine rings is 1. The number of carbonyl (C=O) groups is 2. The highest BCUT2D eigenvalue weighted by molar-refractivity contribution is 5.98. The van der Waals surface area contributed by atoms with Crippen molar-refractivity contribution in [2.75, 3.05) is 37.7 Å². The number of anilines is 1. The van der Waals surface area contributed by atoms with E-state index in [0.717, 1.165) is 0 Å². The molecule has 0 radical (unpaired) electrons. The Bertz CT molecular complexity index is 539. The Labute approximate surface area is 143 Å². The minimum Gasteiger partial charge on any atom is -0.465 e. The lowest BCUT2D eigenvalue weighted by atomic mass is 10.2. The zero-order valence-corrected chi connectivity index (χ0v) is 14.6. The second-order valence-electron chi connectivity index (χ2n) is 6.07. The Kier molecular flexibility index (Phi) is 6.75. The lowest BCUT2D eigenvalue weighted by Crippen LogP contribution is -2.50. The first-order chi connectivity index (χ1) is 11.5. The number of hydrogen-bond donors (Lipinski definition) is 0. The van der Waals surface area contributed by atoms with E-state index in [1.54, 1.807) is 6.92 Å². The number of esters is 1. The molecular formula is C18H26N2O4. The van der Waals surface area contributed by atoms with E-state index in [2.05, 4.69) is 4.90 Å². The summed E-state index contributed by atoms with van der Waals surface area (Å²) in [6, 6.07) is 9.21. The van der Waals surface area contributed by atoms with E-state index >= 15 is 0 Å².